The van der Waals surface area contributed by atoms with Crippen LogP contribution in [0.25, 0.3) is 11.3 Å². The summed E-state index contributed by atoms with van der Waals surface area (Å²) in [5.41, 5.74) is 3.43. The largest absolute Gasteiger partial charge is 0.464 e. The number of nitrogens with one attached hydrogen (secondary N) is 1. The average molecular weight is 441 g/mol. The Morgan fingerprint density at radius 1 is 0.970 bits per heavy atom. The molecular formula is C27H28N4O2. The number of likely N-dealkylation sites (tertiary alicyclic amines) is 1. The van der Waals surface area contributed by atoms with Gasteiger partial charge in [0.25, 0.3) is 0 Å². The molecule has 1 aliphatic heterocycles. The van der Waals surface area contributed by atoms with Crippen LogP contribution in [-0.4, -0.2) is 33.7 Å². The summed E-state index contributed by atoms with van der Waals surface area (Å²) in [6, 6.07) is 24.3. The van der Waals surface area contributed by atoms with E-state index in [9.17, 15) is 4.79 Å². The number of piperidine rings is 1. The number of furan rings is 1. The molecule has 6 heteroatoms. The summed E-state index contributed by atoms with van der Waals surface area (Å²) >= 11 is 0. The van der Waals surface area contributed by atoms with E-state index in [-0.39, 0.29) is 11.9 Å². The first-order valence-electron chi connectivity index (χ1n) is 11.5. The second-order valence-corrected chi connectivity index (χ2v) is 8.51. The molecule has 4 aromatic rings. The average Bonchev–Trinajstić information content (AvgIpc) is 3.53. The molecule has 2 aromatic heterocycles. The second-order valence-electron chi connectivity index (χ2n) is 8.51. The van der Waals surface area contributed by atoms with Gasteiger partial charge in [-0.2, -0.15) is 5.10 Å². The smallest absolute Gasteiger partial charge is 0.229 e. The molecule has 0 aliphatic carbocycles. The van der Waals surface area contributed by atoms with Crippen molar-refractivity contribution in [1.82, 2.24) is 14.7 Å². The Balaban J connectivity index is 1.19. The normalized spacial score (nSPS) is 14.9. The number of benzene rings is 2. The number of carbonyl (C=O) groups excluding carboxylic acids is 1. The van der Waals surface area contributed by atoms with Gasteiger partial charge in [0.2, 0.25) is 5.91 Å². The van der Waals surface area contributed by atoms with Crippen LogP contribution in [-0.2, 0) is 17.8 Å². The van der Waals surface area contributed by atoms with Gasteiger partial charge in [0.1, 0.15) is 11.6 Å². The van der Waals surface area contributed by atoms with E-state index in [1.165, 1.54) is 5.56 Å². The number of rotatable bonds is 7. The van der Waals surface area contributed by atoms with Crippen LogP contribution in [0.5, 0.6) is 0 Å². The zero-order chi connectivity index (χ0) is 22.5. The molecule has 2 aromatic carbocycles. The minimum absolute atomic E-state index is 0.0186. The van der Waals surface area contributed by atoms with Crippen molar-refractivity contribution in [1.29, 1.82) is 0 Å². The Morgan fingerprint density at radius 3 is 2.55 bits per heavy atom. The topological polar surface area (TPSA) is 63.3 Å². The molecular weight excluding hydrogens is 412 g/mol. The number of hydrogen-bond acceptors (Lipinski definition) is 4. The Labute approximate surface area is 193 Å². The number of carbonyl (C=O) groups is 1. The zero-order valence-electron chi connectivity index (χ0n) is 18.6. The van der Waals surface area contributed by atoms with Crippen molar-refractivity contribution in [2.45, 2.75) is 31.8 Å². The summed E-state index contributed by atoms with van der Waals surface area (Å²) in [4.78, 5) is 15.0. The maximum atomic E-state index is 12.5. The molecule has 0 bridgehead atoms. The van der Waals surface area contributed by atoms with Crippen LogP contribution < -0.4 is 5.32 Å². The maximum Gasteiger partial charge on any atom is 0.229 e. The fourth-order valence-corrected chi connectivity index (χ4v) is 4.57. The van der Waals surface area contributed by atoms with Gasteiger partial charge in [0, 0.05) is 31.3 Å². The molecule has 0 radical (unpaired) electrons. The molecule has 0 atom stereocenters. The first kappa shape index (κ1) is 21.2. The standard InChI is InChI=1S/C27H28N4O2/c32-27(19-21-7-2-1-3-8-21)29-26-12-15-28-31(26)23-13-16-30(17-14-23)20-22-9-4-5-10-24(22)25-11-6-18-33-25/h1-12,15,18,23H,13-14,16-17,19-20H2,(H,29,32). The molecule has 1 fully saturated rings. The zero-order valence-corrected chi connectivity index (χ0v) is 18.6. The minimum atomic E-state index is -0.0186. The van der Waals surface area contributed by atoms with E-state index in [1.807, 2.05) is 53.2 Å². The molecule has 1 aliphatic rings. The highest BCUT2D eigenvalue weighted by Gasteiger charge is 2.24. The number of nitrogens with zero attached hydrogens (tertiary/aromatic N) is 3. The lowest BCUT2D eigenvalue weighted by molar-refractivity contribution is -0.115. The Morgan fingerprint density at radius 2 is 1.76 bits per heavy atom. The molecule has 1 amide bonds. The summed E-state index contributed by atoms with van der Waals surface area (Å²) in [5, 5.41) is 7.58. The van der Waals surface area contributed by atoms with Crippen LogP contribution >= 0.6 is 0 Å². The lowest BCUT2D eigenvalue weighted by atomic mass is 10.0. The van der Waals surface area contributed by atoms with E-state index >= 15 is 0 Å². The lowest BCUT2D eigenvalue weighted by Gasteiger charge is -2.33. The van der Waals surface area contributed by atoms with Gasteiger partial charge in [0.05, 0.1) is 24.9 Å². The molecule has 6 nitrogen and oxygen atoms in total. The highest BCUT2D eigenvalue weighted by atomic mass is 16.3. The van der Waals surface area contributed by atoms with Crippen LogP contribution in [0.4, 0.5) is 5.82 Å². The summed E-state index contributed by atoms with van der Waals surface area (Å²) in [7, 11) is 0. The van der Waals surface area contributed by atoms with Gasteiger partial charge in [-0.25, -0.2) is 4.68 Å². The van der Waals surface area contributed by atoms with Gasteiger partial charge in [-0.1, -0.05) is 54.6 Å². The third-order valence-corrected chi connectivity index (χ3v) is 6.25. The SMILES string of the molecule is O=C(Cc1ccccc1)Nc1ccnn1C1CCN(Cc2ccccc2-c2ccco2)CC1. The summed E-state index contributed by atoms with van der Waals surface area (Å²) in [5.74, 6) is 1.67. The number of anilines is 1. The highest BCUT2D eigenvalue weighted by molar-refractivity contribution is 5.91. The van der Waals surface area contributed by atoms with Crippen LogP contribution in [0.3, 0.4) is 0 Å². The molecule has 0 spiro atoms. The summed E-state index contributed by atoms with van der Waals surface area (Å²) < 4.78 is 7.62. The monoisotopic (exact) mass is 440 g/mol. The van der Waals surface area contributed by atoms with Crippen LogP contribution in [0.1, 0.15) is 30.0 Å². The number of hydrogen-bond donors (Lipinski definition) is 1. The van der Waals surface area contributed by atoms with Crippen molar-refractivity contribution in [2.24, 2.45) is 0 Å². The van der Waals surface area contributed by atoms with Gasteiger partial charge in [-0.05, 0) is 36.1 Å². The molecule has 168 valence electrons. The Hall–Kier alpha value is -3.64. The molecule has 0 saturated carbocycles. The molecule has 1 N–H and O–H groups in total. The first-order chi connectivity index (χ1) is 16.3. The van der Waals surface area contributed by atoms with Crippen molar-refractivity contribution >= 4 is 11.7 Å². The van der Waals surface area contributed by atoms with E-state index in [2.05, 4.69) is 39.6 Å². The predicted octanol–water partition coefficient (Wildman–Crippen LogP) is 5.16. The van der Waals surface area contributed by atoms with Gasteiger partial charge < -0.3 is 9.73 Å². The van der Waals surface area contributed by atoms with E-state index in [1.54, 1.807) is 12.5 Å². The fourth-order valence-electron chi connectivity index (χ4n) is 4.57. The van der Waals surface area contributed by atoms with Crippen molar-refractivity contribution < 1.29 is 9.21 Å². The van der Waals surface area contributed by atoms with Gasteiger partial charge in [-0.15, -0.1) is 0 Å². The third-order valence-electron chi connectivity index (χ3n) is 6.25. The predicted molar refractivity (Wildman–Crippen MR) is 129 cm³/mol. The second kappa shape index (κ2) is 9.88. The van der Waals surface area contributed by atoms with Crippen LogP contribution in [0, 0.1) is 0 Å². The van der Waals surface area contributed by atoms with E-state index in [0.717, 1.165) is 55.2 Å². The highest BCUT2D eigenvalue weighted by Crippen LogP contribution is 2.29. The van der Waals surface area contributed by atoms with Gasteiger partial charge in [0.15, 0.2) is 0 Å². The molecule has 5 rings (SSSR count). The fraction of sp³-hybridized carbons (Fsp3) is 0.259. The Bertz CT molecular complexity index is 1180. The van der Waals surface area contributed by atoms with Gasteiger partial charge in [-0.3, -0.25) is 9.69 Å². The first-order valence-corrected chi connectivity index (χ1v) is 11.5. The quantitative estimate of drug-likeness (QED) is 0.431. The number of aromatic nitrogens is 2. The number of amides is 1. The van der Waals surface area contributed by atoms with E-state index < -0.39 is 0 Å². The van der Waals surface area contributed by atoms with Crippen LogP contribution in [0.15, 0.2) is 89.7 Å². The van der Waals surface area contributed by atoms with E-state index in [4.69, 9.17) is 4.42 Å². The molecule has 1 saturated heterocycles. The van der Waals surface area contributed by atoms with Crippen molar-refractivity contribution in [3.8, 4) is 11.3 Å². The van der Waals surface area contributed by atoms with E-state index in [0.29, 0.717) is 6.42 Å². The van der Waals surface area contributed by atoms with Crippen LogP contribution in [0.2, 0.25) is 0 Å². The van der Waals surface area contributed by atoms with Crippen molar-refractivity contribution in [2.75, 3.05) is 18.4 Å². The Kier molecular flexibility index (Phi) is 6.35. The maximum absolute atomic E-state index is 12.5. The molecule has 3 heterocycles. The third kappa shape index (κ3) is 5.07. The summed E-state index contributed by atoms with van der Waals surface area (Å²) in [6.07, 6.45) is 5.83. The molecule has 0 unspecified atom stereocenters. The lowest BCUT2D eigenvalue weighted by Crippen LogP contribution is -2.35. The molecule has 33 heavy (non-hydrogen) atoms. The van der Waals surface area contributed by atoms with Crippen molar-refractivity contribution in [3.63, 3.8) is 0 Å². The van der Waals surface area contributed by atoms with Crippen molar-refractivity contribution in [3.05, 3.63) is 96.4 Å². The minimum Gasteiger partial charge on any atom is -0.464 e. The van der Waals surface area contributed by atoms with Gasteiger partial charge >= 0.3 is 0 Å². The summed E-state index contributed by atoms with van der Waals surface area (Å²) in [6.45, 7) is 2.85.